The SMILES string of the molecule is O=C(C1CCCCC1)N1CCC(Cc2ccc(CO)cc2)CC1. The summed E-state index contributed by atoms with van der Waals surface area (Å²) in [4.78, 5) is 14.7. The second-order valence-electron chi connectivity index (χ2n) is 7.28. The van der Waals surface area contributed by atoms with Gasteiger partial charge in [-0.1, -0.05) is 43.5 Å². The molecule has 1 aliphatic carbocycles. The Morgan fingerprint density at radius 3 is 2.17 bits per heavy atom. The molecule has 0 atom stereocenters. The maximum atomic E-state index is 12.6. The van der Waals surface area contributed by atoms with E-state index in [2.05, 4.69) is 17.0 Å². The molecule has 1 saturated carbocycles. The number of aliphatic hydroxyl groups excluding tert-OH is 1. The molecule has 0 aromatic heterocycles. The van der Waals surface area contributed by atoms with E-state index in [0.717, 1.165) is 50.8 Å². The maximum Gasteiger partial charge on any atom is 0.225 e. The predicted octanol–water partition coefficient (Wildman–Crippen LogP) is 3.54. The highest BCUT2D eigenvalue weighted by atomic mass is 16.3. The van der Waals surface area contributed by atoms with Crippen molar-refractivity contribution in [2.24, 2.45) is 11.8 Å². The Balaban J connectivity index is 1.46. The molecule has 1 saturated heterocycles. The van der Waals surface area contributed by atoms with Gasteiger partial charge in [-0.15, -0.1) is 0 Å². The Hall–Kier alpha value is -1.35. The van der Waals surface area contributed by atoms with Crippen molar-refractivity contribution >= 4 is 5.91 Å². The molecule has 1 aromatic carbocycles. The van der Waals surface area contributed by atoms with Crippen molar-refractivity contribution < 1.29 is 9.90 Å². The first-order chi connectivity index (χ1) is 11.3. The zero-order chi connectivity index (χ0) is 16.1. The first kappa shape index (κ1) is 16.5. The summed E-state index contributed by atoms with van der Waals surface area (Å²) in [6, 6.07) is 8.28. The zero-order valence-electron chi connectivity index (χ0n) is 14.0. The van der Waals surface area contributed by atoms with Crippen molar-refractivity contribution in [1.82, 2.24) is 4.90 Å². The molecule has 1 amide bonds. The van der Waals surface area contributed by atoms with E-state index in [9.17, 15) is 4.79 Å². The minimum Gasteiger partial charge on any atom is -0.392 e. The molecule has 3 rings (SSSR count). The molecule has 3 nitrogen and oxygen atoms in total. The minimum absolute atomic E-state index is 0.113. The molecule has 126 valence electrons. The molecule has 3 heteroatoms. The summed E-state index contributed by atoms with van der Waals surface area (Å²) in [6.45, 7) is 1.99. The fourth-order valence-corrected chi connectivity index (χ4v) is 4.08. The molecule has 0 bridgehead atoms. The number of likely N-dealkylation sites (tertiary alicyclic amines) is 1. The molecule has 0 radical (unpaired) electrons. The third-order valence-electron chi connectivity index (χ3n) is 5.61. The molecule has 1 aromatic rings. The van der Waals surface area contributed by atoms with Gasteiger partial charge in [0.05, 0.1) is 6.61 Å². The number of rotatable bonds is 4. The Morgan fingerprint density at radius 2 is 1.57 bits per heavy atom. The van der Waals surface area contributed by atoms with E-state index in [1.165, 1.54) is 24.8 Å². The standard InChI is InChI=1S/C20H29NO2/c22-15-18-8-6-16(7-9-18)14-17-10-12-21(13-11-17)20(23)19-4-2-1-3-5-19/h6-9,17,19,22H,1-5,10-15H2. The summed E-state index contributed by atoms with van der Waals surface area (Å²) in [7, 11) is 0. The van der Waals surface area contributed by atoms with Crippen LogP contribution in [-0.2, 0) is 17.8 Å². The van der Waals surface area contributed by atoms with Gasteiger partial charge in [0.1, 0.15) is 0 Å². The quantitative estimate of drug-likeness (QED) is 0.923. The van der Waals surface area contributed by atoms with Crippen molar-refractivity contribution in [3.63, 3.8) is 0 Å². The number of benzene rings is 1. The van der Waals surface area contributed by atoms with Crippen LogP contribution < -0.4 is 0 Å². The smallest absolute Gasteiger partial charge is 0.225 e. The second kappa shape index (κ2) is 7.96. The molecule has 1 heterocycles. The van der Waals surface area contributed by atoms with Crippen LogP contribution in [0.3, 0.4) is 0 Å². The van der Waals surface area contributed by atoms with Gasteiger partial charge in [-0.05, 0) is 49.1 Å². The lowest BCUT2D eigenvalue weighted by atomic mass is 9.86. The van der Waals surface area contributed by atoms with Crippen molar-refractivity contribution in [1.29, 1.82) is 0 Å². The molecule has 23 heavy (non-hydrogen) atoms. The Bertz CT molecular complexity index is 497. The van der Waals surface area contributed by atoms with Crippen molar-refractivity contribution in [2.75, 3.05) is 13.1 Å². The number of aliphatic hydroxyl groups is 1. The highest BCUT2D eigenvalue weighted by Crippen LogP contribution is 2.28. The number of carbonyl (C=O) groups excluding carboxylic acids is 1. The fraction of sp³-hybridized carbons (Fsp3) is 0.650. The summed E-state index contributed by atoms with van der Waals surface area (Å²) >= 11 is 0. The number of nitrogens with zero attached hydrogens (tertiary/aromatic N) is 1. The van der Waals surface area contributed by atoms with Crippen LogP contribution in [0, 0.1) is 11.8 Å². The van der Waals surface area contributed by atoms with Gasteiger partial charge in [0.2, 0.25) is 5.91 Å². The van der Waals surface area contributed by atoms with Crippen molar-refractivity contribution in [2.45, 2.75) is 58.0 Å². The summed E-state index contributed by atoms with van der Waals surface area (Å²) < 4.78 is 0. The van der Waals surface area contributed by atoms with E-state index in [4.69, 9.17) is 5.11 Å². The number of hydrogen-bond acceptors (Lipinski definition) is 2. The largest absolute Gasteiger partial charge is 0.392 e. The summed E-state index contributed by atoms with van der Waals surface area (Å²) in [5, 5.41) is 9.10. The summed E-state index contributed by atoms with van der Waals surface area (Å²) in [6.07, 6.45) is 9.33. The van der Waals surface area contributed by atoms with Gasteiger partial charge < -0.3 is 10.0 Å². The molecule has 1 aliphatic heterocycles. The summed E-state index contributed by atoms with van der Waals surface area (Å²) in [5.74, 6) is 1.42. The molecule has 1 N–H and O–H groups in total. The van der Waals surface area contributed by atoms with Crippen molar-refractivity contribution in [3.8, 4) is 0 Å². The monoisotopic (exact) mass is 315 g/mol. The fourth-order valence-electron chi connectivity index (χ4n) is 4.08. The first-order valence-corrected chi connectivity index (χ1v) is 9.23. The normalized spacial score (nSPS) is 20.7. The molecule has 0 unspecified atom stereocenters. The van der Waals surface area contributed by atoms with Crippen LogP contribution in [0.4, 0.5) is 0 Å². The molecular weight excluding hydrogens is 286 g/mol. The topological polar surface area (TPSA) is 40.5 Å². The lowest BCUT2D eigenvalue weighted by Crippen LogP contribution is -2.42. The highest BCUT2D eigenvalue weighted by molar-refractivity contribution is 5.79. The Kier molecular flexibility index (Phi) is 5.71. The van der Waals surface area contributed by atoms with Crippen LogP contribution in [0.2, 0.25) is 0 Å². The second-order valence-corrected chi connectivity index (χ2v) is 7.28. The third kappa shape index (κ3) is 4.35. The highest BCUT2D eigenvalue weighted by Gasteiger charge is 2.29. The van der Waals surface area contributed by atoms with Crippen LogP contribution in [0.1, 0.15) is 56.1 Å². The van der Waals surface area contributed by atoms with Crippen LogP contribution in [-0.4, -0.2) is 29.0 Å². The maximum absolute atomic E-state index is 12.6. The Morgan fingerprint density at radius 1 is 0.957 bits per heavy atom. The Labute approximate surface area is 139 Å². The van der Waals surface area contributed by atoms with E-state index < -0.39 is 0 Å². The summed E-state index contributed by atoms with van der Waals surface area (Å²) in [5.41, 5.74) is 2.32. The molecular formula is C20H29NO2. The predicted molar refractivity (Wildman–Crippen MR) is 91.9 cm³/mol. The van der Waals surface area contributed by atoms with Gasteiger partial charge in [0, 0.05) is 19.0 Å². The van der Waals surface area contributed by atoms with Gasteiger partial charge in [-0.3, -0.25) is 4.79 Å². The number of piperidine rings is 1. The molecule has 2 aliphatic rings. The van der Waals surface area contributed by atoms with Crippen LogP contribution in [0.15, 0.2) is 24.3 Å². The van der Waals surface area contributed by atoms with Gasteiger partial charge >= 0.3 is 0 Å². The van der Waals surface area contributed by atoms with E-state index >= 15 is 0 Å². The van der Waals surface area contributed by atoms with Crippen LogP contribution in [0.25, 0.3) is 0 Å². The zero-order valence-corrected chi connectivity index (χ0v) is 14.0. The van der Waals surface area contributed by atoms with Gasteiger partial charge in [-0.25, -0.2) is 0 Å². The third-order valence-corrected chi connectivity index (χ3v) is 5.61. The lowest BCUT2D eigenvalue weighted by Gasteiger charge is -2.35. The van der Waals surface area contributed by atoms with Gasteiger partial charge in [0.15, 0.2) is 0 Å². The van der Waals surface area contributed by atoms with Crippen LogP contribution >= 0.6 is 0 Å². The average molecular weight is 315 g/mol. The minimum atomic E-state index is 0.113. The number of hydrogen-bond donors (Lipinski definition) is 1. The first-order valence-electron chi connectivity index (χ1n) is 9.23. The number of carbonyl (C=O) groups is 1. The van der Waals surface area contributed by atoms with E-state index in [1.807, 2.05) is 12.1 Å². The van der Waals surface area contributed by atoms with E-state index in [1.54, 1.807) is 0 Å². The van der Waals surface area contributed by atoms with E-state index in [0.29, 0.717) is 17.7 Å². The average Bonchev–Trinajstić information content (AvgIpc) is 2.63. The van der Waals surface area contributed by atoms with Gasteiger partial charge in [0.25, 0.3) is 0 Å². The van der Waals surface area contributed by atoms with E-state index in [-0.39, 0.29) is 6.61 Å². The van der Waals surface area contributed by atoms with Gasteiger partial charge in [-0.2, -0.15) is 0 Å². The molecule has 2 fully saturated rings. The number of amides is 1. The van der Waals surface area contributed by atoms with Crippen LogP contribution in [0.5, 0.6) is 0 Å². The molecule has 0 spiro atoms. The van der Waals surface area contributed by atoms with Crippen molar-refractivity contribution in [3.05, 3.63) is 35.4 Å². The lowest BCUT2D eigenvalue weighted by molar-refractivity contribution is -0.138.